The van der Waals surface area contributed by atoms with Crippen molar-refractivity contribution >= 4 is 68.4 Å². The van der Waals surface area contributed by atoms with Crippen molar-refractivity contribution in [2.75, 3.05) is 11.5 Å². The maximum Gasteiger partial charge on any atom is 0.160 e. The normalized spacial score (nSPS) is 11.2. The third-order valence-corrected chi connectivity index (χ3v) is 9.59. The third-order valence-electron chi connectivity index (χ3n) is 4.22. The molecule has 0 aromatic carbocycles. The molecule has 2 aromatic rings. The molecule has 0 radical (unpaired) electrons. The van der Waals surface area contributed by atoms with Gasteiger partial charge >= 0.3 is 0 Å². The lowest BCUT2D eigenvalue weighted by molar-refractivity contribution is 0.112. The van der Waals surface area contributed by atoms with Crippen LogP contribution in [0.25, 0.3) is 9.75 Å². The highest BCUT2D eigenvalue weighted by molar-refractivity contribution is 9.11. The molecular formula is C21H29BrOS4. The van der Waals surface area contributed by atoms with Gasteiger partial charge in [0.25, 0.3) is 0 Å². The average molecular weight is 506 g/mol. The third kappa shape index (κ3) is 7.88. The minimum Gasteiger partial charge on any atom is -0.297 e. The summed E-state index contributed by atoms with van der Waals surface area (Å²) in [5.74, 6) is 2.30. The van der Waals surface area contributed by atoms with Crippen LogP contribution in [0.1, 0.15) is 74.9 Å². The maximum absolute atomic E-state index is 11.4. The Balaban J connectivity index is 2.09. The summed E-state index contributed by atoms with van der Waals surface area (Å²) in [6.45, 7) is 4.50. The molecule has 0 saturated heterocycles. The first-order valence-electron chi connectivity index (χ1n) is 9.83. The van der Waals surface area contributed by atoms with E-state index in [1.165, 1.54) is 80.5 Å². The van der Waals surface area contributed by atoms with Gasteiger partial charge < -0.3 is 0 Å². The molecule has 0 atom stereocenters. The number of halogens is 1. The first kappa shape index (κ1) is 23.5. The molecule has 2 rings (SSSR count). The molecule has 0 aliphatic rings. The molecule has 27 heavy (non-hydrogen) atoms. The monoisotopic (exact) mass is 504 g/mol. The number of thioether (sulfide) groups is 2. The molecule has 6 heteroatoms. The van der Waals surface area contributed by atoms with Crippen LogP contribution in [0.4, 0.5) is 0 Å². The predicted octanol–water partition coefficient (Wildman–Crippen LogP) is 9.40. The fourth-order valence-corrected chi connectivity index (χ4v) is 8.32. The molecule has 0 saturated carbocycles. The maximum atomic E-state index is 11.4. The Morgan fingerprint density at radius 1 is 0.852 bits per heavy atom. The summed E-state index contributed by atoms with van der Waals surface area (Å²) in [6.07, 6.45) is 11.3. The predicted molar refractivity (Wildman–Crippen MR) is 130 cm³/mol. The number of unbranched alkanes of at least 4 members (excludes halogenated alkanes) is 6. The quantitative estimate of drug-likeness (QED) is 0.145. The van der Waals surface area contributed by atoms with Crippen LogP contribution in [0, 0.1) is 0 Å². The second-order valence-electron chi connectivity index (χ2n) is 6.52. The Kier molecular flexibility index (Phi) is 11.7. The summed E-state index contributed by atoms with van der Waals surface area (Å²) in [7, 11) is 0. The van der Waals surface area contributed by atoms with Crippen LogP contribution in [0.5, 0.6) is 0 Å². The molecule has 2 aromatic heterocycles. The van der Waals surface area contributed by atoms with Crippen LogP contribution < -0.4 is 0 Å². The molecule has 0 N–H and O–H groups in total. The summed E-state index contributed by atoms with van der Waals surface area (Å²) in [6, 6.07) is 4.33. The van der Waals surface area contributed by atoms with Gasteiger partial charge in [-0.25, -0.2) is 0 Å². The highest BCUT2D eigenvalue weighted by Crippen LogP contribution is 2.48. The van der Waals surface area contributed by atoms with Crippen molar-refractivity contribution < 1.29 is 4.79 Å². The second-order valence-corrected chi connectivity index (χ2v) is 12.3. The largest absolute Gasteiger partial charge is 0.297 e. The topological polar surface area (TPSA) is 17.1 Å². The lowest BCUT2D eigenvalue weighted by atomic mass is 10.2. The van der Waals surface area contributed by atoms with E-state index in [9.17, 15) is 4.79 Å². The standard InChI is InChI=1S/C21H29BrOS4/c1-3-5-7-9-11-24-17-13-16(15-23)26-20(17)21-18(14-19(22)27-21)25-12-10-8-6-4-2/h13-15H,3-12H2,1-2H3. The number of carbonyl (C=O) groups is 1. The summed E-state index contributed by atoms with van der Waals surface area (Å²) in [5.41, 5.74) is 0. The van der Waals surface area contributed by atoms with Crippen molar-refractivity contribution in [2.45, 2.75) is 75.0 Å². The minimum atomic E-state index is 0.837. The van der Waals surface area contributed by atoms with Crippen molar-refractivity contribution in [3.05, 3.63) is 20.8 Å². The van der Waals surface area contributed by atoms with Crippen molar-refractivity contribution in [1.82, 2.24) is 0 Å². The fraction of sp³-hybridized carbons (Fsp3) is 0.571. The van der Waals surface area contributed by atoms with E-state index < -0.39 is 0 Å². The number of hydrogen-bond acceptors (Lipinski definition) is 5. The summed E-state index contributed by atoms with van der Waals surface area (Å²) >= 11 is 11.0. The Labute approximate surface area is 189 Å². The van der Waals surface area contributed by atoms with Crippen molar-refractivity contribution in [3.63, 3.8) is 0 Å². The second kappa shape index (κ2) is 13.5. The lowest BCUT2D eigenvalue weighted by Crippen LogP contribution is -1.83. The van der Waals surface area contributed by atoms with Gasteiger partial charge in [-0.2, -0.15) is 0 Å². The molecule has 0 aliphatic heterocycles. The highest BCUT2D eigenvalue weighted by atomic mass is 79.9. The highest BCUT2D eigenvalue weighted by Gasteiger charge is 2.18. The molecule has 0 bridgehead atoms. The number of carbonyl (C=O) groups excluding carboxylic acids is 1. The molecule has 0 unspecified atom stereocenters. The molecular weight excluding hydrogens is 476 g/mol. The first-order valence-corrected chi connectivity index (χ1v) is 14.2. The first-order chi connectivity index (χ1) is 13.2. The average Bonchev–Trinajstić information content (AvgIpc) is 3.24. The smallest absolute Gasteiger partial charge is 0.160 e. The Morgan fingerprint density at radius 2 is 1.41 bits per heavy atom. The van der Waals surface area contributed by atoms with Crippen LogP contribution in [0.15, 0.2) is 25.7 Å². The van der Waals surface area contributed by atoms with Gasteiger partial charge in [0.2, 0.25) is 0 Å². The Bertz CT molecular complexity index is 692. The van der Waals surface area contributed by atoms with E-state index in [2.05, 4.69) is 41.9 Å². The summed E-state index contributed by atoms with van der Waals surface area (Å²) in [4.78, 5) is 17.5. The van der Waals surface area contributed by atoms with Crippen LogP contribution in [-0.2, 0) is 0 Å². The van der Waals surface area contributed by atoms with Crippen molar-refractivity contribution in [2.24, 2.45) is 0 Å². The van der Waals surface area contributed by atoms with E-state index in [0.717, 1.165) is 16.9 Å². The number of aldehydes is 1. The van der Waals surface area contributed by atoms with Crippen LogP contribution in [0.2, 0.25) is 0 Å². The molecule has 0 aliphatic carbocycles. The van der Waals surface area contributed by atoms with Gasteiger partial charge in [0.05, 0.1) is 18.4 Å². The van der Waals surface area contributed by atoms with Crippen molar-refractivity contribution in [1.29, 1.82) is 0 Å². The van der Waals surface area contributed by atoms with Gasteiger partial charge in [0.1, 0.15) is 0 Å². The van der Waals surface area contributed by atoms with E-state index in [-0.39, 0.29) is 0 Å². The van der Waals surface area contributed by atoms with Gasteiger partial charge in [-0.3, -0.25) is 4.79 Å². The molecule has 0 spiro atoms. The number of thiophene rings is 2. The molecule has 0 fully saturated rings. The van der Waals surface area contributed by atoms with Crippen molar-refractivity contribution in [3.8, 4) is 9.75 Å². The number of hydrogen-bond donors (Lipinski definition) is 0. The van der Waals surface area contributed by atoms with Crippen LogP contribution in [0.3, 0.4) is 0 Å². The van der Waals surface area contributed by atoms with E-state index in [0.29, 0.717) is 0 Å². The summed E-state index contributed by atoms with van der Waals surface area (Å²) in [5, 5.41) is 0. The van der Waals surface area contributed by atoms with E-state index in [4.69, 9.17) is 0 Å². The minimum absolute atomic E-state index is 0.837. The van der Waals surface area contributed by atoms with Crippen LogP contribution in [-0.4, -0.2) is 17.8 Å². The number of rotatable bonds is 14. The van der Waals surface area contributed by atoms with Gasteiger partial charge in [0.15, 0.2) is 6.29 Å². The lowest BCUT2D eigenvalue weighted by Gasteiger charge is -2.06. The molecule has 0 amide bonds. The SMILES string of the molecule is CCCCCCSc1cc(Br)sc1-c1sc(C=O)cc1SCCCCCC. The summed E-state index contributed by atoms with van der Waals surface area (Å²) < 4.78 is 1.17. The molecule has 150 valence electrons. The van der Waals surface area contributed by atoms with E-state index >= 15 is 0 Å². The molecule has 1 nitrogen and oxygen atoms in total. The zero-order chi connectivity index (χ0) is 19.5. The van der Waals surface area contributed by atoms with Crippen LogP contribution >= 0.6 is 62.1 Å². The van der Waals surface area contributed by atoms with Gasteiger partial charge in [-0.15, -0.1) is 46.2 Å². The molecule has 2 heterocycles. The van der Waals surface area contributed by atoms with Gasteiger partial charge in [-0.1, -0.05) is 52.4 Å². The fourth-order valence-electron chi connectivity index (χ4n) is 2.75. The zero-order valence-electron chi connectivity index (χ0n) is 16.2. The van der Waals surface area contributed by atoms with Gasteiger partial charge in [-0.05, 0) is 52.4 Å². The zero-order valence-corrected chi connectivity index (χ0v) is 21.1. The van der Waals surface area contributed by atoms with E-state index in [1.54, 1.807) is 22.7 Å². The van der Waals surface area contributed by atoms with Gasteiger partial charge in [0, 0.05) is 9.79 Å². The Hall–Kier alpha value is 0.250. The Morgan fingerprint density at radius 3 is 1.96 bits per heavy atom. The van der Waals surface area contributed by atoms with E-state index in [1.807, 2.05) is 23.5 Å².